The van der Waals surface area contributed by atoms with Gasteiger partial charge in [0.15, 0.2) is 0 Å². The summed E-state index contributed by atoms with van der Waals surface area (Å²) in [6.45, 7) is 19.2. The Hall–Kier alpha value is 0. The van der Waals surface area contributed by atoms with Gasteiger partial charge in [-0.1, -0.05) is 68.2 Å². The van der Waals surface area contributed by atoms with Gasteiger partial charge in [-0.25, -0.2) is 0 Å². The molecule has 0 bridgehead atoms. The molecule has 0 saturated heterocycles. The molecule has 0 radical (unpaired) electrons. The number of rotatable bonds is 7. The summed E-state index contributed by atoms with van der Waals surface area (Å²) in [6, 6.07) is 0. The van der Waals surface area contributed by atoms with E-state index in [9.17, 15) is 0 Å². The third-order valence-electron chi connectivity index (χ3n) is 4.88. The van der Waals surface area contributed by atoms with Crippen molar-refractivity contribution in [1.29, 1.82) is 0 Å². The smallest absolute Gasteiger partial charge is 0.0360 e. The molecule has 16 heavy (non-hydrogen) atoms. The number of hydrogen-bond donors (Lipinski definition) is 0. The molecular formula is C16H34. The van der Waals surface area contributed by atoms with Crippen molar-refractivity contribution in [3.05, 3.63) is 0 Å². The summed E-state index contributed by atoms with van der Waals surface area (Å²) in [7, 11) is 0. The standard InChI is InChI=1S/C16H34/c1-9-15(12(5)6)14(8)16(10-2)13(7)11(3)4/h11-16H,9-10H2,1-8H3. The predicted molar refractivity (Wildman–Crippen MR) is 75.6 cm³/mol. The second-order valence-electron chi connectivity index (χ2n) is 6.35. The van der Waals surface area contributed by atoms with E-state index in [0.717, 1.165) is 35.5 Å². The van der Waals surface area contributed by atoms with Crippen LogP contribution in [0.1, 0.15) is 68.2 Å². The highest BCUT2D eigenvalue weighted by Crippen LogP contribution is 2.37. The summed E-state index contributed by atoms with van der Waals surface area (Å²) in [5.41, 5.74) is 0. The van der Waals surface area contributed by atoms with Crippen molar-refractivity contribution in [2.45, 2.75) is 68.2 Å². The van der Waals surface area contributed by atoms with Crippen LogP contribution in [0.15, 0.2) is 0 Å². The van der Waals surface area contributed by atoms with Crippen LogP contribution in [0.4, 0.5) is 0 Å². The van der Waals surface area contributed by atoms with Gasteiger partial charge in [-0.15, -0.1) is 0 Å². The Bertz CT molecular complexity index is 169. The molecule has 0 aromatic heterocycles. The van der Waals surface area contributed by atoms with E-state index in [1.807, 2.05) is 0 Å². The van der Waals surface area contributed by atoms with E-state index >= 15 is 0 Å². The molecule has 0 amide bonds. The Morgan fingerprint density at radius 3 is 1.25 bits per heavy atom. The predicted octanol–water partition coefficient (Wildman–Crippen LogP) is 5.62. The van der Waals surface area contributed by atoms with Crippen LogP contribution >= 0.6 is 0 Å². The van der Waals surface area contributed by atoms with Gasteiger partial charge < -0.3 is 0 Å². The zero-order valence-electron chi connectivity index (χ0n) is 12.9. The summed E-state index contributed by atoms with van der Waals surface area (Å²) in [5.74, 6) is 5.16. The van der Waals surface area contributed by atoms with Crippen molar-refractivity contribution >= 4 is 0 Å². The zero-order chi connectivity index (χ0) is 12.9. The van der Waals surface area contributed by atoms with Crippen LogP contribution in [-0.4, -0.2) is 0 Å². The lowest BCUT2D eigenvalue weighted by Gasteiger charge is -2.37. The molecule has 0 nitrogen and oxygen atoms in total. The first kappa shape index (κ1) is 16.0. The van der Waals surface area contributed by atoms with Crippen molar-refractivity contribution in [2.24, 2.45) is 35.5 Å². The topological polar surface area (TPSA) is 0 Å². The highest BCUT2D eigenvalue weighted by atomic mass is 14.4. The average Bonchev–Trinajstić information content (AvgIpc) is 2.18. The van der Waals surface area contributed by atoms with E-state index in [2.05, 4.69) is 55.4 Å². The Labute approximate surface area is 104 Å². The van der Waals surface area contributed by atoms with Gasteiger partial charge in [-0.3, -0.25) is 0 Å². The summed E-state index contributed by atoms with van der Waals surface area (Å²) in [5, 5.41) is 0. The fourth-order valence-corrected chi connectivity index (χ4v) is 3.48. The second kappa shape index (κ2) is 7.35. The van der Waals surface area contributed by atoms with Gasteiger partial charge in [0.2, 0.25) is 0 Å². The van der Waals surface area contributed by atoms with Crippen molar-refractivity contribution in [3.8, 4) is 0 Å². The van der Waals surface area contributed by atoms with Crippen LogP contribution in [-0.2, 0) is 0 Å². The minimum absolute atomic E-state index is 0.817. The van der Waals surface area contributed by atoms with Crippen LogP contribution in [0.5, 0.6) is 0 Å². The fourth-order valence-electron chi connectivity index (χ4n) is 3.48. The van der Waals surface area contributed by atoms with Crippen LogP contribution < -0.4 is 0 Å². The average molecular weight is 226 g/mol. The first-order valence-electron chi connectivity index (χ1n) is 7.36. The molecule has 0 fully saturated rings. The second-order valence-corrected chi connectivity index (χ2v) is 6.35. The summed E-state index contributed by atoms with van der Waals surface area (Å²) < 4.78 is 0. The Morgan fingerprint density at radius 2 is 1.00 bits per heavy atom. The lowest BCUT2D eigenvalue weighted by atomic mass is 9.68. The Kier molecular flexibility index (Phi) is 7.35. The maximum Gasteiger partial charge on any atom is -0.0360 e. The van der Waals surface area contributed by atoms with Gasteiger partial charge in [0.1, 0.15) is 0 Å². The monoisotopic (exact) mass is 226 g/mol. The summed E-state index contributed by atoms with van der Waals surface area (Å²) >= 11 is 0. The first-order valence-corrected chi connectivity index (χ1v) is 7.36. The summed E-state index contributed by atoms with van der Waals surface area (Å²) in [4.78, 5) is 0. The molecule has 4 atom stereocenters. The van der Waals surface area contributed by atoms with Crippen LogP contribution in [0.3, 0.4) is 0 Å². The molecule has 98 valence electrons. The molecule has 0 rings (SSSR count). The summed E-state index contributed by atoms with van der Waals surface area (Å²) in [6.07, 6.45) is 2.67. The minimum atomic E-state index is 0.817. The maximum absolute atomic E-state index is 2.49. The quantitative estimate of drug-likeness (QED) is 0.528. The molecule has 0 heteroatoms. The SMILES string of the molecule is CCC(C(C)C)C(C)C(CC)C(C)C(C)C. The molecule has 0 spiro atoms. The highest BCUT2D eigenvalue weighted by molar-refractivity contribution is 4.79. The van der Waals surface area contributed by atoms with E-state index in [1.165, 1.54) is 12.8 Å². The van der Waals surface area contributed by atoms with Gasteiger partial charge >= 0.3 is 0 Å². The molecule has 0 aliphatic heterocycles. The molecule has 0 aliphatic rings. The normalized spacial score (nSPS) is 19.9. The van der Waals surface area contributed by atoms with Crippen molar-refractivity contribution in [2.75, 3.05) is 0 Å². The molecule has 0 saturated carbocycles. The van der Waals surface area contributed by atoms with Gasteiger partial charge in [0.25, 0.3) is 0 Å². The fraction of sp³-hybridized carbons (Fsp3) is 1.00. The van der Waals surface area contributed by atoms with Crippen LogP contribution in [0, 0.1) is 35.5 Å². The van der Waals surface area contributed by atoms with E-state index in [1.54, 1.807) is 0 Å². The van der Waals surface area contributed by atoms with E-state index in [0.29, 0.717) is 0 Å². The molecular weight excluding hydrogens is 192 g/mol. The Morgan fingerprint density at radius 1 is 0.562 bits per heavy atom. The third-order valence-corrected chi connectivity index (χ3v) is 4.88. The van der Waals surface area contributed by atoms with Gasteiger partial charge in [0, 0.05) is 0 Å². The van der Waals surface area contributed by atoms with Crippen molar-refractivity contribution in [3.63, 3.8) is 0 Å². The van der Waals surface area contributed by atoms with Crippen molar-refractivity contribution < 1.29 is 0 Å². The van der Waals surface area contributed by atoms with Gasteiger partial charge in [0.05, 0.1) is 0 Å². The van der Waals surface area contributed by atoms with Gasteiger partial charge in [-0.2, -0.15) is 0 Å². The van der Waals surface area contributed by atoms with E-state index in [-0.39, 0.29) is 0 Å². The van der Waals surface area contributed by atoms with E-state index in [4.69, 9.17) is 0 Å². The molecule has 4 unspecified atom stereocenters. The van der Waals surface area contributed by atoms with Crippen molar-refractivity contribution in [1.82, 2.24) is 0 Å². The van der Waals surface area contributed by atoms with Crippen LogP contribution in [0.2, 0.25) is 0 Å². The third kappa shape index (κ3) is 4.11. The molecule has 0 heterocycles. The van der Waals surface area contributed by atoms with E-state index < -0.39 is 0 Å². The number of hydrogen-bond acceptors (Lipinski definition) is 0. The minimum Gasteiger partial charge on any atom is -0.0651 e. The Balaban J connectivity index is 4.68. The largest absolute Gasteiger partial charge is 0.0651 e. The highest BCUT2D eigenvalue weighted by Gasteiger charge is 2.30. The molecule has 0 aromatic rings. The maximum atomic E-state index is 2.49. The molecule has 0 N–H and O–H groups in total. The lowest BCUT2D eigenvalue weighted by molar-refractivity contribution is 0.118. The molecule has 0 aliphatic carbocycles. The molecule has 0 aromatic carbocycles. The lowest BCUT2D eigenvalue weighted by Crippen LogP contribution is -2.30. The van der Waals surface area contributed by atoms with Gasteiger partial charge in [-0.05, 0) is 35.5 Å². The zero-order valence-corrected chi connectivity index (χ0v) is 12.9. The van der Waals surface area contributed by atoms with Crippen LogP contribution in [0.25, 0.3) is 0 Å². The first-order chi connectivity index (χ1) is 7.36.